The SMILES string of the molecule is Cc1cc(C)c[c]([Bi]([c]2cc(C)cc(C)c2)[c]2cc(C)cc(C)c2)c1. The summed E-state index contributed by atoms with van der Waals surface area (Å²) in [5, 5.41) is 0. The first kappa shape index (κ1) is 18.3. The zero-order valence-electron chi connectivity index (χ0n) is 16.1. The Hall–Kier alpha value is -1.46. The summed E-state index contributed by atoms with van der Waals surface area (Å²) >= 11 is -2.29. The van der Waals surface area contributed by atoms with E-state index in [0.717, 1.165) is 0 Å². The van der Waals surface area contributed by atoms with Crippen molar-refractivity contribution in [1.29, 1.82) is 0 Å². The molecule has 0 saturated heterocycles. The second-order valence-electron chi connectivity index (χ2n) is 7.37. The molecule has 0 bridgehead atoms. The predicted molar refractivity (Wildman–Crippen MR) is 112 cm³/mol. The van der Waals surface area contributed by atoms with Crippen LogP contribution >= 0.6 is 0 Å². The van der Waals surface area contributed by atoms with Crippen LogP contribution in [0.15, 0.2) is 54.6 Å². The zero-order valence-corrected chi connectivity index (χ0v) is 19.6. The van der Waals surface area contributed by atoms with Gasteiger partial charge in [0.1, 0.15) is 0 Å². The molecule has 0 heterocycles. The van der Waals surface area contributed by atoms with Gasteiger partial charge in [-0.05, 0) is 0 Å². The molecule has 0 spiro atoms. The molecule has 25 heavy (non-hydrogen) atoms. The summed E-state index contributed by atoms with van der Waals surface area (Å²) in [5.74, 6) is 0. The molecule has 0 saturated carbocycles. The van der Waals surface area contributed by atoms with Crippen LogP contribution in [0.1, 0.15) is 33.4 Å². The van der Waals surface area contributed by atoms with E-state index in [1.807, 2.05) is 0 Å². The van der Waals surface area contributed by atoms with Crippen molar-refractivity contribution in [2.24, 2.45) is 0 Å². The molecule has 0 aliphatic rings. The second-order valence-corrected chi connectivity index (χ2v) is 16.0. The molecule has 3 aromatic rings. The van der Waals surface area contributed by atoms with Gasteiger partial charge in [-0.15, -0.1) is 0 Å². The van der Waals surface area contributed by atoms with E-state index in [9.17, 15) is 0 Å². The molecule has 0 unspecified atom stereocenters. The molecule has 0 aromatic heterocycles. The minimum atomic E-state index is -2.29. The van der Waals surface area contributed by atoms with Crippen molar-refractivity contribution in [2.75, 3.05) is 0 Å². The summed E-state index contributed by atoms with van der Waals surface area (Å²) in [7, 11) is 0. The van der Waals surface area contributed by atoms with Gasteiger partial charge in [0.15, 0.2) is 0 Å². The van der Waals surface area contributed by atoms with Gasteiger partial charge >= 0.3 is 161 Å². The van der Waals surface area contributed by atoms with Gasteiger partial charge in [0, 0.05) is 0 Å². The van der Waals surface area contributed by atoms with Crippen LogP contribution in [0.4, 0.5) is 0 Å². The van der Waals surface area contributed by atoms with Crippen LogP contribution in [0.5, 0.6) is 0 Å². The quantitative estimate of drug-likeness (QED) is 0.454. The van der Waals surface area contributed by atoms with Gasteiger partial charge in [-0.3, -0.25) is 0 Å². The third kappa shape index (κ3) is 4.39. The Bertz CT molecular complexity index is 738. The van der Waals surface area contributed by atoms with Crippen molar-refractivity contribution in [3.8, 4) is 0 Å². The molecule has 3 rings (SSSR count). The Morgan fingerprint density at radius 2 is 0.560 bits per heavy atom. The Morgan fingerprint density at radius 1 is 0.360 bits per heavy atom. The summed E-state index contributed by atoms with van der Waals surface area (Å²) in [6, 6.07) is 21.4. The average molecular weight is 524 g/mol. The topological polar surface area (TPSA) is 0 Å². The van der Waals surface area contributed by atoms with Crippen molar-refractivity contribution in [2.45, 2.75) is 41.5 Å². The second kappa shape index (κ2) is 7.42. The number of benzene rings is 3. The zero-order chi connectivity index (χ0) is 18.1. The minimum absolute atomic E-state index is 1.38. The van der Waals surface area contributed by atoms with Gasteiger partial charge in [-0.2, -0.15) is 0 Å². The number of hydrogen-bond acceptors (Lipinski definition) is 0. The molecule has 0 fully saturated rings. The first-order valence-electron chi connectivity index (χ1n) is 8.87. The molecule has 0 amide bonds. The number of hydrogen-bond donors (Lipinski definition) is 0. The Morgan fingerprint density at radius 3 is 0.760 bits per heavy atom. The molecule has 3 aromatic carbocycles. The summed E-state index contributed by atoms with van der Waals surface area (Å²) in [5.41, 5.74) is 8.27. The van der Waals surface area contributed by atoms with E-state index < -0.39 is 21.8 Å². The summed E-state index contributed by atoms with van der Waals surface area (Å²) in [6.07, 6.45) is 0. The summed E-state index contributed by atoms with van der Waals surface area (Å²) in [6.45, 7) is 13.3. The van der Waals surface area contributed by atoms with Gasteiger partial charge in [0.25, 0.3) is 0 Å². The molecule has 0 nitrogen and oxygen atoms in total. The fourth-order valence-corrected chi connectivity index (χ4v) is 14.9. The maximum atomic E-state index is 2.43. The number of rotatable bonds is 3. The van der Waals surface area contributed by atoms with Crippen molar-refractivity contribution in [3.63, 3.8) is 0 Å². The van der Waals surface area contributed by atoms with Gasteiger partial charge in [-0.25, -0.2) is 0 Å². The monoisotopic (exact) mass is 524 g/mol. The molecule has 1 heteroatoms. The van der Waals surface area contributed by atoms with Gasteiger partial charge in [-0.1, -0.05) is 0 Å². The van der Waals surface area contributed by atoms with Crippen LogP contribution in [0.25, 0.3) is 0 Å². The van der Waals surface area contributed by atoms with Gasteiger partial charge in [0.2, 0.25) is 0 Å². The molecule has 128 valence electrons. The van der Waals surface area contributed by atoms with E-state index in [-0.39, 0.29) is 0 Å². The van der Waals surface area contributed by atoms with Crippen molar-refractivity contribution in [1.82, 2.24) is 0 Å². The summed E-state index contributed by atoms with van der Waals surface area (Å²) < 4.78 is 4.76. The van der Waals surface area contributed by atoms with E-state index in [1.165, 1.54) is 33.4 Å². The normalized spacial score (nSPS) is 11.2. The predicted octanol–water partition coefficient (Wildman–Crippen LogP) is 4.05. The molecular weight excluding hydrogens is 497 g/mol. The summed E-state index contributed by atoms with van der Waals surface area (Å²) in [4.78, 5) is 0. The molecular formula is C24H27Bi. The van der Waals surface area contributed by atoms with Gasteiger partial charge < -0.3 is 0 Å². The van der Waals surface area contributed by atoms with E-state index >= 15 is 0 Å². The standard InChI is InChI=1S/3C8H9.Bi/c3*1-7-4-3-5-8(2)6-7;/h3*4-6H,1-2H3;. The Balaban J connectivity index is 2.27. The van der Waals surface area contributed by atoms with E-state index in [1.54, 1.807) is 9.81 Å². The Labute approximate surface area is 160 Å². The van der Waals surface area contributed by atoms with Crippen molar-refractivity contribution in [3.05, 3.63) is 88.0 Å². The van der Waals surface area contributed by atoms with Crippen LogP contribution in [-0.4, -0.2) is 21.8 Å². The fraction of sp³-hybridized carbons (Fsp3) is 0.250. The van der Waals surface area contributed by atoms with Crippen LogP contribution < -0.4 is 9.81 Å². The third-order valence-electron chi connectivity index (χ3n) is 4.39. The third-order valence-corrected chi connectivity index (χ3v) is 13.4. The van der Waals surface area contributed by atoms with Crippen LogP contribution in [0.2, 0.25) is 0 Å². The van der Waals surface area contributed by atoms with Crippen LogP contribution in [0.3, 0.4) is 0 Å². The van der Waals surface area contributed by atoms with Gasteiger partial charge in [0.05, 0.1) is 0 Å². The Kier molecular flexibility index (Phi) is 5.44. The fourth-order valence-electron chi connectivity index (χ4n) is 3.69. The molecule has 0 aliphatic heterocycles. The van der Waals surface area contributed by atoms with Crippen LogP contribution in [-0.2, 0) is 0 Å². The first-order valence-corrected chi connectivity index (χ1v) is 14.1. The molecule has 0 radical (unpaired) electrons. The number of aryl methyl sites for hydroxylation is 6. The van der Waals surface area contributed by atoms with Crippen LogP contribution in [0, 0.1) is 41.5 Å². The van der Waals surface area contributed by atoms with Crippen molar-refractivity contribution >= 4 is 31.6 Å². The maximum absolute atomic E-state index is 2.43. The van der Waals surface area contributed by atoms with Crippen molar-refractivity contribution < 1.29 is 0 Å². The molecule has 0 atom stereocenters. The molecule has 0 aliphatic carbocycles. The average Bonchev–Trinajstić information content (AvgIpc) is 2.44. The first-order chi connectivity index (χ1) is 11.8. The van der Waals surface area contributed by atoms with E-state index in [0.29, 0.717) is 0 Å². The van der Waals surface area contributed by atoms with E-state index in [2.05, 4.69) is 96.1 Å². The molecule has 0 N–H and O–H groups in total. The van der Waals surface area contributed by atoms with E-state index in [4.69, 9.17) is 0 Å².